The van der Waals surface area contributed by atoms with Crippen LogP contribution in [0.15, 0.2) is 0 Å². The fourth-order valence-electron chi connectivity index (χ4n) is 2.60. The van der Waals surface area contributed by atoms with Gasteiger partial charge in [0.2, 0.25) is 5.91 Å². The van der Waals surface area contributed by atoms with E-state index in [1.165, 1.54) is 0 Å². The zero-order chi connectivity index (χ0) is 14.3. The molecule has 1 fully saturated rings. The van der Waals surface area contributed by atoms with Crippen molar-refractivity contribution in [2.24, 2.45) is 5.92 Å². The highest BCUT2D eigenvalue weighted by Crippen LogP contribution is 2.20. The SMILES string of the molecule is CCN(CC)C(=O)CCNC1CCOC(C(C)C)C1. The van der Waals surface area contributed by atoms with Crippen LogP contribution in [0.3, 0.4) is 0 Å². The Labute approximate surface area is 117 Å². The van der Waals surface area contributed by atoms with Gasteiger partial charge in [-0.3, -0.25) is 4.79 Å². The smallest absolute Gasteiger partial charge is 0.223 e. The molecule has 4 heteroatoms. The average molecular weight is 270 g/mol. The van der Waals surface area contributed by atoms with Crippen molar-refractivity contribution in [3.8, 4) is 0 Å². The summed E-state index contributed by atoms with van der Waals surface area (Å²) in [4.78, 5) is 13.8. The highest BCUT2D eigenvalue weighted by Gasteiger charge is 2.24. The molecule has 0 spiro atoms. The molecule has 1 heterocycles. The summed E-state index contributed by atoms with van der Waals surface area (Å²) in [6.45, 7) is 11.7. The average Bonchev–Trinajstić information content (AvgIpc) is 2.40. The standard InChI is InChI=1S/C15H30N2O2/c1-5-17(6-2)15(18)7-9-16-13-8-10-19-14(11-13)12(3)4/h12-14,16H,5-11H2,1-4H3. The van der Waals surface area contributed by atoms with Gasteiger partial charge in [-0.05, 0) is 32.6 Å². The molecule has 4 nitrogen and oxygen atoms in total. The number of carbonyl (C=O) groups excluding carboxylic acids is 1. The molecule has 0 saturated carbocycles. The van der Waals surface area contributed by atoms with E-state index in [4.69, 9.17) is 4.74 Å². The topological polar surface area (TPSA) is 41.6 Å². The van der Waals surface area contributed by atoms with Crippen LogP contribution in [0.2, 0.25) is 0 Å². The highest BCUT2D eigenvalue weighted by atomic mass is 16.5. The zero-order valence-corrected chi connectivity index (χ0v) is 12.9. The first-order chi connectivity index (χ1) is 9.08. The first kappa shape index (κ1) is 16.4. The van der Waals surface area contributed by atoms with E-state index in [0.29, 0.717) is 24.5 Å². The van der Waals surface area contributed by atoms with Gasteiger partial charge < -0.3 is 15.0 Å². The van der Waals surface area contributed by atoms with Crippen molar-refractivity contribution in [3.63, 3.8) is 0 Å². The van der Waals surface area contributed by atoms with Crippen LogP contribution in [0.4, 0.5) is 0 Å². The third-order valence-corrected chi connectivity index (χ3v) is 3.95. The Morgan fingerprint density at radius 1 is 1.37 bits per heavy atom. The van der Waals surface area contributed by atoms with Crippen LogP contribution >= 0.6 is 0 Å². The summed E-state index contributed by atoms with van der Waals surface area (Å²) in [7, 11) is 0. The molecule has 1 aliphatic heterocycles. The second-order valence-electron chi connectivity index (χ2n) is 5.64. The summed E-state index contributed by atoms with van der Waals surface area (Å²) in [5.74, 6) is 0.826. The molecule has 2 unspecified atom stereocenters. The molecule has 1 rings (SSSR count). The molecule has 1 aliphatic rings. The summed E-state index contributed by atoms with van der Waals surface area (Å²) in [5, 5.41) is 3.51. The minimum Gasteiger partial charge on any atom is -0.378 e. The van der Waals surface area contributed by atoms with Gasteiger partial charge in [0.1, 0.15) is 0 Å². The van der Waals surface area contributed by atoms with Crippen LogP contribution in [0.5, 0.6) is 0 Å². The maximum atomic E-state index is 11.9. The number of nitrogens with zero attached hydrogens (tertiary/aromatic N) is 1. The maximum absolute atomic E-state index is 11.9. The van der Waals surface area contributed by atoms with Gasteiger partial charge in [-0.2, -0.15) is 0 Å². The van der Waals surface area contributed by atoms with Crippen molar-refractivity contribution in [3.05, 3.63) is 0 Å². The molecule has 0 aromatic rings. The fourth-order valence-corrected chi connectivity index (χ4v) is 2.60. The molecule has 0 radical (unpaired) electrons. The van der Waals surface area contributed by atoms with Crippen molar-refractivity contribution in [1.29, 1.82) is 0 Å². The number of carbonyl (C=O) groups is 1. The van der Waals surface area contributed by atoms with E-state index in [-0.39, 0.29) is 5.91 Å². The van der Waals surface area contributed by atoms with E-state index in [1.54, 1.807) is 0 Å². The number of hydrogen-bond donors (Lipinski definition) is 1. The van der Waals surface area contributed by atoms with Gasteiger partial charge in [0.15, 0.2) is 0 Å². The lowest BCUT2D eigenvalue weighted by Crippen LogP contribution is -2.42. The van der Waals surface area contributed by atoms with Crippen molar-refractivity contribution < 1.29 is 9.53 Å². The van der Waals surface area contributed by atoms with Gasteiger partial charge >= 0.3 is 0 Å². The third-order valence-electron chi connectivity index (χ3n) is 3.95. The number of nitrogens with one attached hydrogen (secondary N) is 1. The maximum Gasteiger partial charge on any atom is 0.223 e. The van der Waals surface area contributed by atoms with Crippen LogP contribution < -0.4 is 5.32 Å². The molecule has 1 saturated heterocycles. The van der Waals surface area contributed by atoms with Gasteiger partial charge in [0, 0.05) is 38.7 Å². The van der Waals surface area contributed by atoms with E-state index in [2.05, 4.69) is 19.2 Å². The molecule has 0 bridgehead atoms. The molecular weight excluding hydrogens is 240 g/mol. The van der Waals surface area contributed by atoms with Gasteiger partial charge in [-0.15, -0.1) is 0 Å². The van der Waals surface area contributed by atoms with Crippen LogP contribution in [0.1, 0.15) is 47.0 Å². The van der Waals surface area contributed by atoms with Crippen molar-refractivity contribution in [1.82, 2.24) is 10.2 Å². The van der Waals surface area contributed by atoms with Crippen molar-refractivity contribution in [2.45, 2.75) is 59.1 Å². The molecule has 0 aromatic heterocycles. The largest absolute Gasteiger partial charge is 0.378 e. The molecule has 0 aromatic carbocycles. The highest BCUT2D eigenvalue weighted by molar-refractivity contribution is 5.76. The van der Waals surface area contributed by atoms with Gasteiger partial charge in [-0.1, -0.05) is 13.8 Å². The summed E-state index contributed by atoms with van der Waals surface area (Å²) in [5.41, 5.74) is 0. The van der Waals surface area contributed by atoms with Gasteiger partial charge in [0.05, 0.1) is 6.10 Å². The third kappa shape index (κ3) is 5.49. The van der Waals surface area contributed by atoms with E-state index in [1.807, 2.05) is 18.7 Å². The number of ether oxygens (including phenoxy) is 1. The lowest BCUT2D eigenvalue weighted by atomic mass is 9.95. The van der Waals surface area contributed by atoms with Gasteiger partial charge in [-0.25, -0.2) is 0 Å². The van der Waals surface area contributed by atoms with Gasteiger partial charge in [0.25, 0.3) is 0 Å². The second-order valence-corrected chi connectivity index (χ2v) is 5.64. The molecular formula is C15H30N2O2. The van der Waals surface area contributed by atoms with E-state index >= 15 is 0 Å². The number of rotatable bonds is 7. The number of amides is 1. The van der Waals surface area contributed by atoms with Crippen LogP contribution in [-0.2, 0) is 9.53 Å². The quantitative estimate of drug-likeness (QED) is 0.770. The minimum atomic E-state index is 0.255. The summed E-state index contributed by atoms with van der Waals surface area (Å²) < 4.78 is 5.75. The Bertz CT molecular complexity index is 265. The first-order valence-corrected chi connectivity index (χ1v) is 7.71. The predicted molar refractivity (Wildman–Crippen MR) is 78.1 cm³/mol. The van der Waals surface area contributed by atoms with Crippen LogP contribution in [0.25, 0.3) is 0 Å². The first-order valence-electron chi connectivity index (χ1n) is 7.71. The summed E-state index contributed by atoms with van der Waals surface area (Å²) >= 11 is 0. The van der Waals surface area contributed by atoms with Crippen LogP contribution in [0, 0.1) is 5.92 Å². The summed E-state index contributed by atoms with van der Waals surface area (Å²) in [6.07, 6.45) is 3.09. The fraction of sp³-hybridized carbons (Fsp3) is 0.933. The second kappa shape index (κ2) is 8.54. The van der Waals surface area contributed by atoms with Crippen LogP contribution in [-0.4, -0.2) is 49.2 Å². The Hall–Kier alpha value is -0.610. The Kier molecular flexibility index (Phi) is 7.39. The molecule has 2 atom stereocenters. The summed E-state index contributed by atoms with van der Waals surface area (Å²) in [6, 6.07) is 0.505. The Balaban J connectivity index is 2.23. The molecule has 112 valence electrons. The minimum absolute atomic E-state index is 0.255. The molecule has 19 heavy (non-hydrogen) atoms. The molecule has 0 aliphatic carbocycles. The molecule has 1 N–H and O–H groups in total. The zero-order valence-electron chi connectivity index (χ0n) is 12.9. The Morgan fingerprint density at radius 3 is 2.63 bits per heavy atom. The Morgan fingerprint density at radius 2 is 2.05 bits per heavy atom. The predicted octanol–water partition coefficient (Wildman–Crippen LogP) is 2.04. The van der Waals surface area contributed by atoms with Crippen molar-refractivity contribution >= 4 is 5.91 Å². The van der Waals surface area contributed by atoms with E-state index < -0.39 is 0 Å². The molecule has 1 amide bonds. The monoisotopic (exact) mass is 270 g/mol. The van der Waals surface area contributed by atoms with E-state index in [0.717, 1.165) is 39.1 Å². The number of hydrogen-bond acceptors (Lipinski definition) is 3. The normalized spacial score (nSPS) is 23.6. The van der Waals surface area contributed by atoms with E-state index in [9.17, 15) is 4.79 Å². The lowest BCUT2D eigenvalue weighted by Gasteiger charge is -2.32. The lowest BCUT2D eigenvalue weighted by molar-refractivity contribution is -0.130. The van der Waals surface area contributed by atoms with Crippen molar-refractivity contribution in [2.75, 3.05) is 26.2 Å².